The summed E-state index contributed by atoms with van der Waals surface area (Å²) in [5.74, 6) is 0. The number of aromatic nitrogens is 1. The lowest BCUT2D eigenvalue weighted by atomic mass is 10.4. The maximum absolute atomic E-state index is 5.80. The lowest BCUT2D eigenvalue weighted by Gasteiger charge is -2.03. The minimum absolute atomic E-state index is 0.560. The summed E-state index contributed by atoms with van der Waals surface area (Å²) >= 11 is 7.30. The van der Waals surface area contributed by atoms with Crippen LogP contribution in [0.2, 0.25) is 5.02 Å². The van der Waals surface area contributed by atoms with Gasteiger partial charge in [-0.25, -0.2) is 4.98 Å². The van der Waals surface area contributed by atoms with Gasteiger partial charge in [0.05, 0.1) is 10.7 Å². The molecule has 0 aliphatic heterocycles. The molecule has 1 aromatic carbocycles. The van der Waals surface area contributed by atoms with Crippen molar-refractivity contribution in [3.8, 4) is 0 Å². The Kier molecular flexibility index (Phi) is 3.14. The van der Waals surface area contributed by atoms with E-state index in [1.54, 1.807) is 12.3 Å². The van der Waals surface area contributed by atoms with Crippen LogP contribution in [0.5, 0.6) is 0 Å². The molecule has 0 atom stereocenters. The minimum atomic E-state index is 0.560. The van der Waals surface area contributed by atoms with Gasteiger partial charge in [-0.3, -0.25) is 0 Å². The second-order valence-electron chi connectivity index (χ2n) is 2.96. The zero-order valence-corrected chi connectivity index (χ0v) is 9.42. The molecular formula is C11H9ClN2S. The highest BCUT2D eigenvalue weighted by molar-refractivity contribution is 7.99. The van der Waals surface area contributed by atoms with Crippen LogP contribution in [0.15, 0.2) is 52.5 Å². The highest BCUT2D eigenvalue weighted by atomic mass is 35.5. The summed E-state index contributed by atoms with van der Waals surface area (Å²) in [5, 5.41) is 1.34. The Labute approximate surface area is 97.5 Å². The third-order valence-corrected chi connectivity index (χ3v) is 3.05. The molecule has 0 bridgehead atoms. The summed E-state index contributed by atoms with van der Waals surface area (Å²) < 4.78 is 0. The first kappa shape index (κ1) is 10.3. The molecular weight excluding hydrogens is 228 g/mol. The van der Waals surface area contributed by atoms with E-state index in [0.29, 0.717) is 10.7 Å². The molecule has 2 nitrogen and oxygen atoms in total. The molecule has 2 rings (SSSR count). The molecule has 0 amide bonds. The smallest absolute Gasteiger partial charge is 0.124 e. The third-order valence-electron chi connectivity index (χ3n) is 1.80. The number of anilines is 1. The van der Waals surface area contributed by atoms with Crippen molar-refractivity contribution in [1.29, 1.82) is 0 Å². The maximum Gasteiger partial charge on any atom is 0.124 e. The third kappa shape index (κ3) is 2.64. The molecule has 0 aliphatic carbocycles. The van der Waals surface area contributed by atoms with Gasteiger partial charge in [0.1, 0.15) is 5.03 Å². The van der Waals surface area contributed by atoms with Gasteiger partial charge in [-0.05, 0) is 18.2 Å². The zero-order chi connectivity index (χ0) is 10.7. The molecule has 76 valence electrons. The average molecular weight is 237 g/mol. The van der Waals surface area contributed by atoms with Gasteiger partial charge in [-0.1, -0.05) is 41.6 Å². The van der Waals surface area contributed by atoms with Gasteiger partial charge in [0.25, 0.3) is 0 Å². The fourth-order valence-electron chi connectivity index (χ4n) is 1.13. The molecule has 4 heteroatoms. The summed E-state index contributed by atoms with van der Waals surface area (Å²) in [6, 6.07) is 11.7. The normalized spacial score (nSPS) is 10.2. The van der Waals surface area contributed by atoms with Crippen molar-refractivity contribution >= 4 is 29.1 Å². The van der Waals surface area contributed by atoms with Crippen molar-refractivity contribution in [2.75, 3.05) is 5.73 Å². The summed E-state index contributed by atoms with van der Waals surface area (Å²) in [7, 11) is 0. The van der Waals surface area contributed by atoms with Gasteiger partial charge in [-0.2, -0.15) is 0 Å². The summed E-state index contributed by atoms with van der Waals surface area (Å²) in [4.78, 5) is 5.29. The van der Waals surface area contributed by atoms with Crippen LogP contribution in [-0.4, -0.2) is 4.98 Å². The Morgan fingerprint density at radius 1 is 1.20 bits per heavy atom. The molecule has 15 heavy (non-hydrogen) atoms. The van der Waals surface area contributed by atoms with E-state index in [0.717, 1.165) is 9.92 Å². The minimum Gasteiger partial charge on any atom is -0.396 e. The van der Waals surface area contributed by atoms with Crippen LogP contribution < -0.4 is 5.73 Å². The molecule has 0 saturated carbocycles. The molecule has 1 aromatic heterocycles. The molecule has 0 unspecified atom stereocenters. The molecule has 0 spiro atoms. The summed E-state index contributed by atoms with van der Waals surface area (Å²) in [5.41, 5.74) is 6.41. The standard InChI is InChI=1S/C11H9ClN2S/c12-8-6-10(13)11(14-7-8)15-9-4-2-1-3-5-9/h1-7H,13H2. The Hall–Kier alpha value is -1.19. The molecule has 1 heterocycles. The van der Waals surface area contributed by atoms with Gasteiger partial charge >= 0.3 is 0 Å². The second kappa shape index (κ2) is 4.55. The summed E-state index contributed by atoms with van der Waals surface area (Å²) in [6.45, 7) is 0. The number of nitrogens with zero attached hydrogens (tertiary/aromatic N) is 1. The number of nitrogens with two attached hydrogens (primary N) is 1. The van der Waals surface area contributed by atoms with E-state index in [1.807, 2.05) is 30.3 Å². The van der Waals surface area contributed by atoms with E-state index in [1.165, 1.54) is 11.8 Å². The molecule has 0 fully saturated rings. The fraction of sp³-hybridized carbons (Fsp3) is 0. The van der Waals surface area contributed by atoms with Crippen LogP contribution in [0, 0.1) is 0 Å². The van der Waals surface area contributed by atoms with Crippen molar-refractivity contribution in [2.24, 2.45) is 0 Å². The van der Waals surface area contributed by atoms with Crippen molar-refractivity contribution in [3.63, 3.8) is 0 Å². The number of rotatable bonds is 2. The van der Waals surface area contributed by atoms with Crippen molar-refractivity contribution < 1.29 is 0 Å². The average Bonchev–Trinajstić information content (AvgIpc) is 2.24. The lowest BCUT2D eigenvalue weighted by Crippen LogP contribution is -1.91. The maximum atomic E-state index is 5.80. The monoisotopic (exact) mass is 236 g/mol. The summed E-state index contributed by atoms with van der Waals surface area (Å²) in [6.07, 6.45) is 1.60. The number of halogens is 1. The van der Waals surface area contributed by atoms with Crippen LogP contribution in [-0.2, 0) is 0 Å². The van der Waals surface area contributed by atoms with E-state index in [-0.39, 0.29) is 0 Å². The number of hydrogen-bond donors (Lipinski definition) is 1. The van der Waals surface area contributed by atoms with Gasteiger partial charge in [0.2, 0.25) is 0 Å². The van der Waals surface area contributed by atoms with E-state index >= 15 is 0 Å². The largest absolute Gasteiger partial charge is 0.396 e. The van der Waals surface area contributed by atoms with Gasteiger partial charge in [0.15, 0.2) is 0 Å². The first-order valence-corrected chi connectivity index (χ1v) is 5.59. The van der Waals surface area contributed by atoms with Gasteiger partial charge in [0, 0.05) is 11.1 Å². The van der Waals surface area contributed by atoms with Crippen LogP contribution >= 0.6 is 23.4 Å². The molecule has 0 radical (unpaired) electrons. The first-order valence-electron chi connectivity index (χ1n) is 4.39. The highest BCUT2D eigenvalue weighted by Gasteiger charge is 2.03. The Balaban J connectivity index is 2.25. The SMILES string of the molecule is Nc1cc(Cl)cnc1Sc1ccccc1. The van der Waals surface area contributed by atoms with E-state index < -0.39 is 0 Å². The molecule has 2 aromatic rings. The molecule has 0 saturated heterocycles. The fourth-order valence-corrected chi connectivity index (χ4v) is 2.09. The van der Waals surface area contributed by atoms with Crippen molar-refractivity contribution in [3.05, 3.63) is 47.6 Å². The van der Waals surface area contributed by atoms with Crippen molar-refractivity contribution in [1.82, 2.24) is 4.98 Å². The van der Waals surface area contributed by atoms with Crippen LogP contribution in [0.25, 0.3) is 0 Å². The van der Waals surface area contributed by atoms with Crippen LogP contribution in [0.4, 0.5) is 5.69 Å². The number of benzene rings is 1. The highest BCUT2D eigenvalue weighted by Crippen LogP contribution is 2.30. The Morgan fingerprint density at radius 2 is 1.93 bits per heavy atom. The van der Waals surface area contributed by atoms with E-state index in [2.05, 4.69) is 4.98 Å². The van der Waals surface area contributed by atoms with E-state index in [9.17, 15) is 0 Å². The Morgan fingerprint density at radius 3 is 2.60 bits per heavy atom. The van der Waals surface area contributed by atoms with Crippen LogP contribution in [0.1, 0.15) is 0 Å². The van der Waals surface area contributed by atoms with E-state index in [4.69, 9.17) is 17.3 Å². The predicted octanol–water partition coefficient (Wildman–Crippen LogP) is 3.47. The number of hydrogen-bond acceptors (Lipinski definition) is 3. The Bertz CT molecular complexity index is 459. The second-order valence-corrected chi connectivity index (χ2v) is 4.46. The first-order chi connectivity index (χ1) is 7.25. The lowest BCUT2D eigenvalue weighted by molar-refractivity contribution is 1.14. The van der Waals surface area contributed by atoms with Gasteiger partial charge in [-0.15, -0.1) is 0 Å². The van der Waals surface area contributed by atoms with Gasteiger partial charge < -0.3 is 5.73 Å². The molecule has 0 aliphatic rings. The van der Waals surface area contributed by atoms with Crippen molar-refractivity contribution in [2.45, 2.75) is 9.92 Å². The quantitative estimate of drug-likeness (QED) is 0.868. The van der Waals surface area contributed by atoms with Crippen LogP contribution in [0.3, 0.4) is 0 Å². The topological polar surface area (TPSA) is 38.9 Å². The predicted molar refractivity (Wildman–Crippen MR) is 64.2 cm³/mol. The number of pyridine rings is 1. The number of nitrogen functional groups attached to an aromatic ring is 1. The molecule has 2 N–H and O–H groups in total. The zero-order valence-electron chi connectivity index (χ0n) is 7.85.